The summed E-state index contributed by atoms with van der Waals surface area (Å²) in [6.45, 7) is 5.84. The smallest absolute Gasteiger partial charge is 0.204 e. The van der Waals surface area contributed by atoms with Crippen LogP contribution in [0.15, 0.2) is 54.3 Å². The molecule has 160 valence electrons. The molecule has 0 radical (unpaired) electrons. The van der Waals surface area contributed by atoms with Crippen LogP contribution in [-0.2, 0) is 0 Å². The molecule has 1 saturated heterocycles. The van der Waals surface area contributed by atoms with Crippen LogP contribution in [0.3, 0.4) is 0 Å². The lowest BCUT2D eigenvalue weighted by atomic mass is 10.2. The Morgan fingerprint density at radius 1 is 1.10 bits per heavy atom. The Bertz CT molecular complexity index is 1060. The SMILES string of the molecule is C1=C(c2cn[nH]c2)N2N=IN=C2C(Nc2ccc(N3CCN(CC4CC4)CC3)cc2)=N1. The number of aromatic nitrogens is 2. The molecule has 6 rings (SSSR count). The Hall–Kier alpha value is -2.60. The van der Waals surface area contributed by atoms with E-state index < -0.39 is 21.3 Å². The number of amidine groups is 2. The van der Waals surface area contributed by atoms with Crippen LogP contribution in [-0.4, -0.2) is 64.5 Å². The third kappa shape index (κ3) is 4.01. The normalized spacial score (nSPS) is 21.2. The van der Waals surface area contributed by atoms with E-state index in [2.05, 4.69) is 61.0 Å². The van der Waals surface area contributed by atoms with Gasteiger partial charge in [-0.1, -0.05) is 0 Å². The number of halogens is 1. The van der Waals surface area contributed by atoms with E-state index in [9.17, 15) is 0 Å². The Balaban J connectivity index is 1.12. The number of aromatic amines is 1. The van der Waals surface area contributed by atoms with E-state index in [-0.39, 0.29) is 0 Å². The highest BCUT2D eigenvalue weighted by Gasteiger charge is 2.29. The number of rotatable bonds is 5. The lowest BCUT2D eigenvalue weighted by Gasteiger charge is -2.36. The van der Waals surface area contributed by atoms with Gasteiger partial charge in [0.2, 0.25) is 5.84 Å². The third-order valence-electron chi connectivity index (χ3n) is 6.06. The van der Waals surface area contributed by atoms with E-state index in [4.69, 9.17) is 0 Å². The molecular weight excluding hydrogens is 505 g/mol. The van der Waals surface area contributed by atoms with Crippen molar-refractivity contribution in [2.45, 2.75) is 12.8 Å². The van der Waals surface area contributed by atoms with Crippen molar-refractivity contribution in [3.63, 3.8) is 0 Å². The van der Waals surface area contributed by atoms with Crippen molar-refractivity contribution >= 4 is 50.0 Å². The molecule has 4 heterocycles. The fourth-order valence-corrected chi connectivity index (χ4v) is 5.48. The number of fused-ring (bicyclic) bond motifs is 1. The number of nitrogens with one attached hydrogen (secondary N) is 2. The Kier molecular flexibility index (Phi) is 5.03. The van der Waals surface area contributed by atoms with E-state index in [1.165, 1.54) is 38.2 Å². The van der Waals surface area contributed by atoms with Crippen molar-refractivity contribution in [3.05, 3.63) is 48.4 Å². The Labute approximate surface area is 191 Å². The first-order chi connectivity index (χ1) is 15.3. The Morgan fingerprint density at radius 2 is 1.94 bits per heavy atom. The summed E-state index contributed by atoms with van der Waals surface area (Å²) in [5, 5.41) is 12.2. The number of anilines is 2. The molecule has 0 atom stereocenters. The van der Waals surface area contributed by atoms with Gasteiger partial charge in [-0.25, -0.2) is 10.0 Å². The zero-order valence-corrected chi connectivity index (χ0v) is 19.2. The highest BCUT2D eigenvalue weighted by molar-refractivity contribution is 14.1. The average molecular weight is 529 g/mol. The number of piperazine rings is 1. The number of nitrogens with zero attached hydrogens (tertiary/aromatic N) is 7. The molecule has 3 aliphatic heterocycles. The minimum Gasteiger partial charge on any atom is -0.369 e. The Morgan fingerprint density at radius 3 is 2.68 bits per heavy atom. The number of H-pyrrole nitrogens is 1. The lowest BCUT2D eigenvalue weighted by Crippen LogP contribution is -2.47. The summed E-state index contributed by atoms with van der Waals surface area (Å²) in [5.41, 5.74) is 4.13. The molecule has 1 aliphatic carbocycles. The van der Waals surface area contributed by atoms with Crippen LogP contribution in [0.1, 0.15) is 18.4 Å². The minimum atomic E-state index is -0.603. The second-order valence-electron chi connectivity index (χ2n) is 8.25. The molecular formula is C21H24IN9. The van der Waals surface area contributed by atoms with Gasteiger partial charge in [-0.15, -0.1) is 3.25 Å². The maximum atomic E-state index is 4.63. The zero-order chi connectivity index (χ0) is 20.6. The summed E-state index contributed by atoms with van der Waals surface area (Å²) in [5.74, 6) is 2.48. The summed E-state index contributed by atoms with van der Waals surface area (Å²) in [4.78, 5) is 9.73. The highest BCUT2D eigenvalue weighted by atomic mass is 127. The maximum Gasteiger partial charge on any atom is 0.204 e. The largest absolute Gasteiger partial charge is 0.369 e. The van der Waals surface area contributed by atoms with Gasteiger partial charge in [0.1, 0.15) is 0 Å². The van der Waals surface area contributed by atoms with Crippen LogP contribution in [0.4, 0.5) is 11.4 Å². The molecule has 4 aliphatic rings. The van der Waals surface area contributed by atoms with Gasteiger partial charge in [-0.2, -0.15) is 8.30 Å². The summed E-state index contributed by atoms with van der Waals surface area (Å²) >= 11 is -0.603. The highest BCUT2D eigenvalue weighted by Crippen LogP contribution is 2.32. The van der Waals surface area contributed by atoms with Gasteiger partial charge < -0.3 is 10.2 Å². The van der Waals surface area contributed by atoms with Gasteiger partial charge in [0.05, 0.1) is 18.1 Å². The standard InChI is InChI=1S/C21H24IN9/c1-2-15(1)14-29-7-9-30(10-8-29)18-5-3-17(4-6-18)26-20-21-27-22-28-31(21)19(13-23-20)16-11-24-25-12-16/h3-6,11-13,15H,1-2,7-10,14H2,(H,23,26)(H,24,25). The molecule has 2 fully saturated rings. The quantitative estimate of drug-likeness (QED) is 0.580. The van der Waals surface area contributed by atoms with Gasteiger partial charge in [-0.05, 0) is 43.0 Å². The first kappa shape index (κ1) is 19.1. The van der Waals surface area contributed by atoms with Crippen molar-refractivity contribution < 1.29 is 0 Å². The number of aliphatic imine (C=N–C) groups is 1. The third-order valence-corrected chi connectivity index (χ3v) is 7.36. The van der Waals surface area contributed by atoms with E-state index in [0.29, 0.717) is 0 Å². The van der Waals surface area contributed by atoms with Crippen molar-refractivity contribution in [3.8, 4) is 0 Å². The van der Waals surface area contributed by atoms with Crippen LogP contribution < -0.4 is 10.2 Å². The van der Waals surface area contributed by atoms with Crippen molar-refractivity contribution in [1.82, 2.24) is 20.1 Å². The van der Waals surface area contributed by atoms with E-state index in [1.807, 2.05) is 17.4 Å². The number of benzene rings is 1. The minimum absolute atomic E-state index is 0.603. The molecule has 0 spiro atoms. The van der Waals surface area contributed by atoms with Crippen LogP contribution in [0, 0.1) is 5.92 Å². The molecule has 2 aromatic rings. The topological polar surface area (TPSA) is 87.5 Å². The second kappa shape index (κ2) is 8.15. The predicted octanol–water partition coefficient (Wildman–Crippen LogP) is 3.46. The molecule has 0 amide bonds. The molecule has 0 bridgehead atoms. The molecule has 10 heteroatoms. The molecule has 31 heavy (non-hydrogen) atoms. The average Bonchev–Trinajstić information content (AvgIpc) is 3.26. The van der Waals surface area contributed by atoms with Gasteiger partial charge in [0, 0.05) is 55.9 Å². The predicted molar refractivity (Wildman–Crippen MR) is 131 cm³/mol. The molecule has 1 saturated carbocycles. The van der Waals surface area contributed by atoms with E-state index in [1.54, 1.807) is 6.20 Å². The van der Waals surface area contributed by atoms with E-state index >= 15 is 0 Å². The van der Waals surface area contributed by atoms with Gasteiger partial charge in [-0.3, -0.25) is 10.00 Å². The molecule has 9 nitrogen and oxygen atoms in total. The lowest BCUT2D eigenvalue weighted by molar-refractivity contribution is 0.248. The molecule has 2 N–H and O–H groups in total. The van der Waals surface area contributed by atoms with E-state index in [0.717, 1.165) is 47.6 Å². The van der Waals surface area contributed by atoms with Crippen LogP contribution in [0.2, 0.25) is 0 Å². The van der Waals surface area contributed by atoms with Crippen molar-refractivity contribution in [2.24, 2.45) is 17.4 Å². The van der Waals surface area contributed by atoms with Gasteiger partial charge >= 0.3 is 0 Å². The summed E-state index contributed by atoms with van der Waals surface area (Å²) in [7, 11) is 0. The zero-order valence-electron chi connectivity index (χ0n) is 17.1. The van der Waals surface area contributed by atoms with Gasteiger partial charge in [0.25, 0.3) is 0 Å². The van der Waals surface area contributed by atoms with Crippen LogP contribution >= 0.6 is 21.3 Å². The summed E-state index contributed by atoms with van der Waals surface area (Å²) < 4.78 is 9.21. The number of hydrogen-bond donors (Lipinski definition) is 2. The van der Waals surface area contributed by atoms with Crippen molar-refractivity contribution in [2.75, 3.05) is 42.9 Å². The van der Waals surface area contributed by atoms with Gasteiger partial charge in [0.15, 0.2) is 27.1 Å². The molecule has 1 aromatic heterocycles. The number of hydrogen-bond acceptors (Lipinski definition) is 8. The maximum absolute atomic E-state index is 4.63. The second-order valence-corrected chi connectivity index (χ2v) is 9.60. The monoisotopic (exact) mass is 529 g/mol. The fraction of sp³-hybridized carbons (Fsp3) is 0.381. The van der Waals surface area contributed by atoms with Crippen LogP contribution in [0.25, 0.3) is 5.70 Å². The summed E-state index contributed by atoms with van der Waals surface area (Å²) in [6, 6.07) is 8.63. The fourth-order valence-electron chi connectivity index (χ4n) is 4.11. The molecule has 0 unspecified atom stereocenters. The van der Waals surface area contributed by atoms with Crippen LogP contribution in [0.5, 0.6) is 0 Å². The first-order valence-electron chi connectivity index (χ1n) is 10.7. The first-order valence-corrected chi connectivity index (χ1v) is 12.6. The molecule has 1 aromatic carbocycles. The van der Waals surface area contributed by atoms with Crippen molar-refractivity contribution in [1.29, 1.82) is 0 Å². The summed E-state index contributed by atoms with van der Waals surface area (Å²) in [6.07, 6.45) is 8.29.